The van der Waals surface area contributed by atoms with Gasteiger partial charge in [-0.1, -0.05) is 12.2 Å². The highest BCUT2D eigenvalue weighted by Crippen LogP contribution is 2.22. The Hall–Kier alpha value is -2.31. The Balaban J connectivity index is 2.25. The van der Waals surface area contributed by atoms with Crippen molar-refractivity contribution in [3.63, 3.8) is 0 Å². The number of imidazole rings is 1. The van der Waals surface area contributed by atoms with Crippen molar-refractivity contribution >= 4 is 17.1 Å². The number of nitrogens with zero attached hydrogens (tertiary/aromatic N) is 4. The van der Waals surface area contributed by atoms with Gasteiger partial charge in [-0.2, -0.15) is 4.98 Å². The maximum atomic E-state index is 12.3. The van der Waals surface area contributed by atoms with Crippen molar-refractivity contribution in [1.82, 2.24) is 19.1 Å². The number of H-pyrrole nitrogens is 1. The van der Waals surface area contributed by atoms with Crippen molar-refractivity contribution < 1.29 is 0 Å². The molecule has 3 heterocycles. The van der Waals surface area contributed by atoms with Gasteiger partial charge in [0, 0.05) is 26.7 Å². The fraction of sp³-hybridized carbons (Fsp3) is 0.533. The van der Waals surface area contributed by atoms with E-state index >= 15 is 0 Å². The minimum Gasteiger partial charge on any atom is -0.342 e. The molecule has 0 aliphatic carbocycles. The van der Waals surface area contributed by atoms with E-state index in [1.807, 2.05) is 23.6 Å². The van der Waals surface area contributed by atoms with Crippen molar-refractivity contribution in [3.05, 3.63) is 33.0 Å². The van der Waals surface area contributed by atoms with Gasteiger partial charge in [0.15, 0.2) is 11.2 Å². The van der Waals surface area contributed by atoms with Crippen molar-refractivity contribution in [1.29, 1.82) is 0 Å². The Morgan fingerprint density at radius 2 is 1.95 bits per heavy atom. The molecule has 2 aromatic heterocycles. The number of hydrogen-bond donors (Lipinski definition) is 1. The van der Waals surface area contributed by atoms with Gasteiger partial charge in [0.2, 0.25) is 5.95 Å². The molecule has 118 valence electrons. The molecule has 0 amide bonds. The predicted molar refractivity (Wildman–Crippen MR) is 86.5 cm³/mol. The van der Waals surface area contributed by atoms with Crippen LogP contribution in [0.3, 0.4) is 0 Å². The first-order valence-electron chi connectivity index (χ1n) is 7.69. The highest BCUT2D eigenvalue weighted by molar-refractivity contribution is 5.74. The molecule has 1 aliphatic heterocycles. The molecule has 0 atom stereocenters. The van der Waals surface area contributed by atoms with Crippen LogP contribution in [0.5, 0.6) is 0 Å². The third kappa shape index (κ3) is 2.36. The van der Waals surface area contributed by atoms with Crippen LogP contribution in [0.25, 0.3) is 11.2 Å². The maximum Gasteiger partial charge on any atom is 0.329 e. The quantitative estimate of drug-likeness (QED) is 0.858. The van der Waals surface area contributed by atoms with Crippen molar-refractivity contribution in [2.45, 2.75) is 32.7 Å². The smallest absolute Gasteiger partial charge is 0.329 e. The van der Waals surface area contributed by atoms with Crippen LogP contribution in [0.4, 0.5) is 5.95 Å². The Morgan fingerprint density at radius 1 is 1.23 bits per heavy atom. The summed E-state index contributed by atoms with van der Waals surface area (Å²) in [7, 11) is 1.63. The summed E-state index contributed by atoms with van der Waals surface area (Å²) in [6.45, 7) is 4.38. The van der Waals surface area contributed by atoms with E-state index in [9.17, 15) is 9.59 Å². The van der Waals surface area contributed by atoms with Crippen molar-refractivity contribution in [3.8, 4) is 0 Å². The average molecular weight is 303 g/mol. The fourth-order valence-corrected chi connectivity index (χ4v) is 2.94. The molecule has 0 radical (unpaired) electrons. The summed E-state index contributed by atoms with van der Waals surface area (Å²) in [4.78, 5) is 33.2. The standard InChI is InChI=1S/C15H21N5O2/c1-3-4-10-20-11-12(18(2)15(22)17-13(11)21)16-14(20)19-8-6-5-7-9-19/h3-4H,5-10H2,1-2H3,(H,17,21,22)/b4-3+. The van der Waals surface area contributed by atoms with Crippen LogP contribution in [-0.4, -0.2) is 32.2 Å². The van der Waals surface area contributed by atoms with Crippen LogP contribution in [-0.2, 0) is 13.6 Å². The first-order valence-corrected chi connectivity index (χ1v) is 7.69. The second kappa shape index (κ2) is 5.82. The molecule has 3 rings (SSSR count). The molecule has 0 aromatic carbocycles. The Morgan fingerprint density at radius 3 is 2.64 bits per heavy atom. The molecular formula is C15H21N5O2. The van der Waals surface area contributed by atoms with Gasteiger partial charge in [-0.3, -0.25) is 14.3 Å². The molecular weight excluding hydrogens is 282 g/mol. The predicted octanol–water partition coefficient (Wildman–Crippen LogP) is 0.990. The van der Waals surface area contributed by atoms with Crippen LogP contribution in [0, 0.1) is 0 Å². The van der Waals surface area contributed by atoms with Gasteiger partial charge in [-0.05, 0) is 26.2 Å². The van der Waals surface area contributed by atoms with Gasteiger partial charge in [-0.25, -0.2) is 4.79 Å². The average Bonchev–Trinajstić information content (AvgIpc) is 2.91. The van der Waals surface area contributed by atoms with Gasteiger partial charge in [0.05, 0.1) is 0 Å². The minimum atomic E-state index is -0.432. The molecule has 0 unspecified atom stereocenters. The summed E-state index contributed by atoms with van der Waals surface area (Å²) in [6, 6.07) is 0. The van der Waals surface area contributed by atoms with Crippen molar-refractivity contribution in [2.75, 3.05) is 18.0 Å². The van der Waals surface area contributed by atoms with Crippen LogP contribution in [0.1, 0.15) is 26.2 Å². The van der Waals surface area contributed by atoms with E-state index in [-0.39, 0.29) is 5.56 Å². The minimum absolute atomic E-state index is 0.377. The fourth-order valence-electron chi connectivity index (χ4n) is 2.94. The second-order valence-corrected chi connectivity index (χ2v) is 5.63. The lowest BCUT2D eigenvalue weighted by Gasteiger charge is -2.27. The van der Waals surface area contributed by atoms with Crippen LogP contribution < -0.4 is 16.1 Å². The number of fused-ring (bicyclic) bond motifs is 1. The number of hydrogen-bond acceptors (Lipinski definition) is 4. The van der Waals surface area contributed by atoms with Gasteiger partial charge < -0.3 is 9.47 Å². The number of allylic oxidation sites excluding steroid dienone is 2. The van der Waals surface area contributed by atoms with E-state index in [0.29, 0.717) is 17.7 Å². The summed E-state index contributed by atoms with van der Waals surface area (Å²) >= 11 is 0. The highest BCUT2D eigenvalue weighted by Gasteiger charge is 2.22. The van der Waals surface area contributed by atoms with Crippen LogP contribution in [0.15, 0.2) is 21.7 Å². The van der Waals surface area contributed by atoms with Gasteiger partial charge in [-0.15, -0.1) is 0 Å². The molecule has 1 N–H and O–H groups in total. The lowest BCUT2D eigenvalue weighted by Crippen LogP contribution is -2.32. The number of aromatic nitrogens is 4. The summed E-state index contributed by atoms with van der Waals surface area (Å²) in [5.41, 5.74) is 0.0938. The molecule has 22 heavy (non-hydrogen) atoms. The zero-order chi connectivity index (χ0) is 15.7. The second-order valence-electron chi connectivity index (χ2n) is 5.63. The van der Waals surface area contributed by atoms with Crippen molar-refractivity contribution in [2.24, 2.45) is 7.05 Å². The third-order valence-electron chi connectivity index (χ3n) is 4.15. The topological polar surface area (TPSA) is 75.9 Å². The molecule has 7 nitrogen and oxygen atoms in total. The summed E-state index contributed by atoms with van der Waals surface area (Å²) < 4.78 is 3.30. The van der Waals surface area contributed by atoms with Gasteiger partial charge in [0.1, 0.15) is 0 Å². The third-order valence-corrected chi connectivity index (χ3v) is 4.15. The number of nitrogens with one attached hydrogen (secondary N) is 1. The Kier molecular flexibility index (Phi) is 3.87. The zero-order valence-electron chi connectivity index (χ0n) is 13.0. The van der Waals surface area contributed by atoms with Crippen LogP contribution >= 0.6 is 0 Å². The summed E-state index contributed by atoms with van der Waals surface area (Å²) in [5.74, 6) is 0.777. The molecule has 0 bridgehead atoms. The van der Waals surface area contributed by atoms with E-state index in [0.717, 1.165) is 31.9 Å². The van der Waals surface area contributed by atoms with E-state index in [2.05, 4.69) is 14.9 Å². The van der Waals surface area contributed by atoms with Gasteiger partial charge in [0.25, 0.3) is 5.56 Å². The number of rotatable bonds is 3. The van der Waals surface area contributed by atoms with E-state index < -0.39 is 5.69 Å². The van der Waals surface area contributed by atoms with E-state index in [4.69, 9.17) is 0 Å². The zero-order valence-corrected chi connectivity index (χ0v) is 13.0. The molecule has 1 saturated heterocycles. The lowest BCUT2D eigenvalue weighted by atomic mass is 10.1. The first kappa shape index (κ1) is 14.6. The SMILES string of the molecule is C/C=C/Cn1c(N2CCCCC2)nc2c1c(=O)[nH]c(=O)n2C. The Labute approximate surface area is 127 Å². The normalized spacial score (nSPS) is 16.0. The molecule has 0 spiro atoms. The molecule has 2 aromatic rings. The highest BCUT2D eigenvalue weighted by atomic mass is 16.2. The maximum absolute atomic E-state index is 12.3. The molecule has 1 fully saturated rings. The molecule has 7 heteroatoms. The number of piperidine rings is 1. The summed E-state index contributed by atoms with van der Waals surface area (Å²) in [6.07, 6.45) is 7.41. The largest absolute Gasteiger partial charge is 0.342 e. The Bertz CT molecular complexity index is 821. The number of aryl methyl sites for hydroxylation is 1. The van der Waals surface area contributed by atoms with Gasteiger partial charge >= 0.3 is 5.69 Å². The number of aromatic amines is 1. The number of anilines is 1. The lowest BCUT2D eigenvalue weighted by molar-refractivity contribution is 0.560. The summed E-state index contributed by atoms with van der Waals surface area (Å²) in [5, 5.41) is 0. The van der Waals surface area contributed by atoms with E-state index in [1.54, 1.807) is 7.05 Å². The first-order chi connectivity index (χ1) is 10.6. The van der Waals surface area contributed by atoms with E-state index in [1.165, 1.54) is 11.0 Å². The monoisotopic (exact) mass is 303 g/mol. The molecule has 0 saturated carbocycles. The molecule has 1 aliphatic rings. The van der Waals surface area contributed by atoms with Crippen LogP contribution in [0.2, 0.25) is 0 Å².